The first-order valence-corrected chi connectivity index (χ1v) is 8.72. The minimum Gasteiger partial charge on any atom is -0.304 e. The Morgan fingerprint density at radius 3 is 1.47 bits per heavy atom. The zero-order valence-electron chi connectivity index (χ0n) is 14.4. The Bertz CT molecular complexity index is 177. The topological polar surface area (TPSA) is 3.24 Å². The molecule has 0 aromatic carbocycles. The van der Waals surface area contributed by atoms with E-state index >= 15 is 0 Å². The predicted octanol–water partition coefficient (Wildman–Crippen LogP) is 5.89. The van der Waals surface area contributed by atoms with Crippen LogP contribution in [0.4, 0.5) is 0 Å². The van der Waals surface area contributed by atoms with Crippen molar-refractivity contribution in [3.8, 4) is 0 Å². The Balaban J connectivity index is 3.15. The lowest BCUT2D eigenvalue weighted by Crippen LogP contribution is -2.23. The number of unbranched alkanes of at least 4 members (excludes halogenated alkanes) is 7. The van der Waals surface area contributed by atoms with Gasteiger partial charge < -0.3 is 4.90 Å². The van der Waals surface area contributed by atoms with Gasteiger partial charge in [0.15, 0.2) is 0 Å². The largest absolute Gasteiger partial charge is 0.304 e. The lowest BCUT2D eigenvalue weighted by molar-refractivity contribution is 0.295. The third-order valence-electron chi connectivity index (χ3n) is 4.05. The van der Waals surface area contributed by atoms with Crippen molar-refractivity contribution in [1.82, 2.24) is 4.90 Å². The molecule has 116 valence electrons. The monoisotopic (exact) mass is 269 g/mol. The molecule has 0 heterocycles. The van der Waals surface area contributed by atoms with Crippen LogP contribution in [0, 0.1) is 5.41 Å². The summed E-state index contributed by atoms with van der Waals surface area (Å²) in [6.45, 7) is 15.3. The van der Waals surface area contributed by atoms with Gasteiger partial charge in [-0.1, -0.05) is 79.6 Å². The van der Waals surface area contributed by atoms with E-state index in [-0.39, 0.29) is 0 Å². The molecule has 19 heavy (non-hydrogen) atoms. The summed E-state index contributed by atoms with van der Waals surface area (Å²) in [5.74, 6) is 0. The summed E-state index contributed by atoms with van der Waals surface area (Å²) < 4.78 is 0. The van der Waals surface area contributed by atoms with Crippen LogP contribution in [-0.2, 0) is 0 Å². The van der Waals surface area contributed by atoms with E-state index in [9.17, 15) is 0 Å². The molecule has 0 rings (SSSR count). The average Bonchev–Trinajstić information content (AvgIpc) is 2.35. The van der Waals surface area contributed by atoms with Crippen molar-refractivity contribution < 1.29 is 0 Å². The normalized spacial score (nSPS) is 12.3. The van der Waals surface area contributed by atoms with E-state index < -0.39 is 0 Å². The highest BCUT2D eigenvalue weighted by molar-refractivity contribution is 4.61. The molecule has 0 N–H and O–H groups in total. The number of nitrogens with zero attached hydrogens (tertiary/aromatic N) is 1. The second-order valence-electron chi connectivity index (χ2n) is 7.17. The summed E-state index contributed by atoms with van der Waals surface area (Å²) in [5, 5.41) is 0. The number of rotatable bonds is 12. The van der Waals surface area contributed by atoms with E-state index in [4.69, 9.17) is 0 Å². The summed E-state index contributed by atoms with van der Waals surface area (Å²) in [6.07, 6.45) is 12.9. The molecule has 0 aliphatic heterocycles. The third-order valence-corrected chi connectivity index (χ3v) is 4.05. The van der Waals surface area contributed by atoms with Crippen molar-refractivity contribution in [3.63, 3.8) is 0 Å². The van der Waals surface area contributed by atoms with E-state index in [1.165, 1.54) is 77.4 Å². The van der Waals surface area contributed by atoms with Gasteiger partial charge in [-0.2, -0.15) is 0 Å². The quantitative estimate of drug-likeness (QED) is 0.400. The van der Waals surface area contributed by atoms with Gasteiger partial charge in [-0.25, -0.2) is 0 Å². The summed E-state index contributed by atoms with van der Waals surface area (Å²) in [4.78, 5) is 2.53. The van der Waals surface area contributed by atoms with Gasteiger partial charge in [-0.15, -0.1) is 0 Å². The molecule has 1 nitrogen and oxygen atoms in total. The van der Waals surface area contributed by atoms with E-state index in [1.54, 1.807) is 0 Å². The molecular weight excluding hydrogens is 230 g/mol. The molecule has 0 aromatic rings. The summed E-state index contributed by atoms with van der Waals surface area (Å²) in [6, 6.07) is 0. The second kappa shape index (κ2) is 11.8. The highest BCUT2D eigenvalue weighted by atomic mass is 15.1. The Morgan fingerprint density at radius 1 is 0.632 bits per heavy atom. The van der Waals surface area contributed by atoms with Crippen molar-refractivity contribution in [2.45, 2.75) is 92.4 Å². The maximum absolute atomic E-state index is 2.53. The van der Waals surface area contributed by atoms with Crippen LogP contribution in [0.1, 0.15) is 92.4 Å². The van der Waals surface area contributed by atoms with Gasteiger partial charge in [0.25, 0.3) is 0 Å². The van der Waals surface area contributed by atoms with Gasteiger partial charge in [0.2, 0.25) is 0 Å². The van der Waals surface area contributed by atoms with Crippen molar-refractivity contribution in [3.05, 3.63) is 0 Å². The molecule has 0 fully saturated rings. The van der Waals surface area contributed by atoms with Crippen LogP contribution in [0.15, 0.2) is 0 Å². The molecule has 0 bridgehead atoms. The zero-order chi connectivity index (χ0) is 14.6. The third kappa shape index (κ3) is 14.2. The molecular formula is C18H39N. The molecule has 0 saturated carbocycles. The van der Waals surface area contributed by atoms with Gasteiger partial charge in [0.1, 0.15) is 0 Å². The van der Waals surface area contributed by atoms with Crippen LogP contribution in [0.3, 0.4) is 0 Å². The minimum atomic E-state index is 0.532. The molecule has 0 radical (unpaired) electrons. The standard InChI is InChI=1S/C18H39N/c1-6-19(7-2)17-15-13-11-9-8-10-12-14-16-18(3,4)5/h6-17H2,1-5H3. The van der Waals surface area contributed by atoms with Crippen molar-refractivity contribution in [1.29, 1.82) is 0 Å². The Labute approximate surface area is 123 Å². The average molecular weight is 270 g/mol. The van der Waals surface area contributed by atoms with E-state index in [1.807, 2.05) is 0 Å². The highest BCUT2D eigenvalue weighted by Crippen LogP contribution is 2.22. The molecule has 0 aliphatic carbocycles. The summed E-state index contributed by atoms with van der Waals surface area (Å²) in [7, 11) is 0. The van der Waals surface area contributed by atoms with E-state index in [0.29, 0.717) is 5.41 Å². The Kier molecular flexibility index (Phi) is 11.7. The maximum atomic E-state index is 2.53. The van der Waals surface area contributed by atoms with Crippen LogP contribution in [0.2, 0.25) is 0 Å². The molecule has 0 atom stereocenters. The van der Waals surface area contributed by atoms with Gasteiger partial charge in [-0.3, -0.25) is 0 Å². The Morgan fingerprint density at radius 2 is 1.05 bits per heavy atom. The zero-order valence-corrected chi connectivity index (χ0v) is 14.4. The molecule has 0 aromatic heterocycles. The van der Waals surface area contributed by atoms with Gasteiger partial charge in [0.05, 0.1) is 0 Å². The van der Waals surface area contributed by atoms with E-state index in [0.717, 1.165) is 0 Å². The van der Waals surface area contributed by atoms with Gasteiger partial charge >= 0.3 is 0 Å². The van der Waals surface area contributed by atoms with Crippen molar-refractivity contribution >= 4 is 0 Å². The molecule has 0 unspecified atom stereocenters. The smallest absolute Gasteiger partial charge is 0.00190 e. The molecule has 0 spiro atoms. The Hall–Kier alpha value is -0.0400. The van der Waals surface area contributed by atoms with Crippen LogP contribution in [-0.4, -0.2) is 24.5 Å². The maximum Gasteiger partial charge on any atom is -0.00190 e. The van der Waals surface area contributed by atoms with Gasteiger partial charge in [-0.05, 0) is 37.9 Å². The van der Waals surface area contributed by atoms with E-state index in [2.05, 4.69) is 39.5 Å². The first-order chi connectivity index (χ1) is 8.99. The van der Waals surface area contributed by atoms with Crippen LogP contribution < -0.4 is 0 Å². The second-order valence-corrected chi connectivity index (χ2v) is 7.17. The lowest BCUT2D eigenvalue weighted by atomic mass is 9.89. The summed E-state index contributed by atoms with van der Waals surface area (Å²) in [5.41, 5.74) is 0.532. The fraction of sp³-hybridized carbons (Fsp3) is 1.00. The first kappa shape index (κ1) is 19.0. The molecule has 1 heteroatoms. The number of hydrogen-bond acceptors (Lipinski definition) is 1. The number of hydrogen-bond donors (Lipinski definition) is 0. The van der Waals surface area contributed by atoms with Crippen LogP contribution in [0.5, 0.6) is 0 Å². The minimum absolute atomic E-state index is 0.532. The molecule has 0 amide bonds. The van der Waals surface area contributed by atoms with Crippen LogP contribution in [0.25, 0.3) is 0 Å². The fourth-order valence-electron chi connectivity index (χ4n) is 2.59. The van der Waals surface area contributed by atoms with Gasteiger partial charge in [0, 0.05) is 0 Å². The van der Waals surface area contributed by atoms with Crippen molar-refractivity contribution in [2.75, 3.05) is 19.6 Å². The molecule has 0 saturated heterocycles. The lowest BCUT2D eigenvalue weighted by Gasteiger charge is -2.17. The molecule has 0 aliphatic rings. The highest BCUT2D eigenvalue weighted by Gasteiger charge is 2.08. The first-order valence-electron chi connectivity index (χ1n) is 8.72. The van der Waals surface area contributed by atoms with Crippen LogP contribution >= 0.6 is 0 Å². The SMILES string of the molecule is CCN(CC)CCCCCCCCCCC(C)(C)C. The predicted molar refractivity (Wildman–Crippen MR) is 88.8 cm³/mol. The van der Waals surface area contributed by atoms with Crippen molar-refractivity contribution in [2.24, 2.45) is 5.41 Å². The fourth-order valence-corrected chi connectivity index (χ4v) is 2.59. The summed E-state index contributed by atoms with van der Waals surface area (Å²) >= 11 is 0.